The van der Waals surface area contributed by atoms with E-state index in [-0.39, 0.29) is 5.28 Å². The summed E-state index contributed by atoms with van der Waals surface area (Å²) < 4.78 is 10.7. The number of halogens is 2. The smallest absolute Gasteiger partial charge is 0.237 e. The van der Waals surface area contributed by atoms with Crippen LogP contribution in [0, 0.1) is 5.92 Å². The van der Waals surface area contributed by atoms with Crippen LogP contribution in [0.5, 0.6) is 5.88 Å². The largest absolute Gasteiger partial charge is 0.476 e. The highest BCUT2D eigenvalue weighted by atomic mass is 35.5. The summed E-state index contributed by atoms with van der Waals surface area (Å²) in [5.41, 5.74) is 0. The van der Waals surface area contributed by atoms with Gasteiger partial charge in [-0.05, 0) is 18.0 Å². The maximum absolute atomic E-state index is 5.84. The van der Waals surface area contributed by atoms with E-state index < -0.39 is 0 Å². The monoisotopic (exact) mass is 248 g/mol. The molecule has 0 saturated carbocycles. The van der Waals surface area contributed by atoms with Gasteiger partial charge in [-0.2, -0.15) is 4.98 Å². The van der Waals surface area contributed by atoms with Crippen molar-refractivity contribution in [3.8, 4) is 5.88 Å². The molecule has 0 amide bonds. The first kappa shape index (κ1) is 10.9. The summed E-state index contributed by atoms with van der Waals surface area (Å²) in [6, 6.07) is 0. The summed E-state index contributed by atoms with van der Waals surface area (Å²) in [5, 5.41) is 0.510. The van der Waals surface area contributed by atoms with Gasteiger partial charge in [-0.1, -0.05) is 11.6 Å². The van der Waals surface area contributed by atoms with Crippen molar-refractivity contribution >= 4 is 23.2 Å². The standard InChI is InChI=1S/C9H10Cl2N2O2/c10-7-3-12-9(11)13-8(7)15-5-6-1-2-14-4-6/h3,6H,1-2,4-5H2. The quantitative estimate of drug-likeness (QED) is 0.770. The predicted molar refractivity (Wildman–Crippen MR) is 56.5 cm³/mol. The van der Waals surface area contributed by atoms with Crippen LogP contribution in [0.4, 0.5) is 0 Å². The van der Waals surface area contributed by atoms with E-state index in [0.29, 0.717) is 23.4 Å². The molecule has 15 heavy (non-hydrogen) atoms. The van der Waals surface area contributed by atoms with E-state index in [1.54, 1.807) is 0 Å². The second-order valence-corrected chi connectivity index (χ2v) is 4.08. The molecule has 1 unspecified atom stereocenters. The summed E-state index contributed by atoms with van der Waals surface area (Å²) in [5.74, 6) is 0.748. The van der Waals surface area contributed by atoms with Gasteiger partial charge in [0, 0.05) is 12.5 Å². The maximum Gasteiger partial charge on any atom is 0.237 e. The molecule has 82 valence electrons. The van der Waals surface area contributed by atoms with Gasteiger partial charge in [-0.15, -0.1) is 0 Å². The topological polar surface area (TPSA) is 44.2 Å². The average molecular weight is 249 g/mol. The van der Waals surface area contributed by atoms with E-state index in [0.717, 1.165) is 19.6 Å². The van der Waals surface area contributed by atoms with Crippen LogP contribution < -0.4 is 4.74 Å². The molecule has 1 fully saturated rings. The van der Waals surface area contributed by atoms with Crippen molar-refractivity contribution in [3.63, 3.8) is 0 Å². The summed E-state index contributed by atoms with van der Waals surface area (Å²) in [6.07, 6.45) is 2.44. The van der Waals surface area contributed by atoms with Gasteiger partial charge in [0.2, 0.25) is 11.2 Å². The lowest BCUT2D eigenvalue weighted by Crippen LogP contribution is -2.12. The first-order chi connectivity index (χ1) is 7.25. The number of ether oxygens (including phenoxy) is 2. The molecule has 4 nitrogen and oxygen atoms in total. The zero-order chi connectivity index (χ0) is 10.7. The second-order valence-electron chi connectivity index (χ2n) is 3.33. The van der Waals surface area contributed by atoms with Gasteiger partial charge in [0.15, 0.2) is 0 Å². The lowest BCUT2D eigenvalue weighted by atomic mass is 10.1. The SMILES string of the molecule is Clc1ncc(Cl)c(OCC2CCOC2)n1. The van der Waals surface area contributed by atoms with E-state index in [1.165, 1.54) is 6.20 Å². The van der Waals surface area contributed by atoms with E-state index in [9.17, 15) is 0 Å². The Morgan fingerprint density at radius 3 is 3.13 bits per heavy atom. The minimum absolute atomic E-state index is 0.136. The van der Waals surface area contributed by atoms with Crippen LogP contribution >= 0.6 is 23.2 Å². The first-order valence-electron chi connectivity index (χ1n) is 4.64. The Kier molecular flexibility index (Phi) is 3.61. The van der Waals surface area contributed by atoms with Crippen molar-refractivity contribution in [2.75, 3.05) is 19.8 Å². The summed E-state index contributed by atoms with van der Waals surface area (Å²) >= 11 is 11.5. The molecule has 1 aromatic heterocycles. The Balaban J connectivity index is 1.94. The number of rotatable bonds is 3. The van der Waals surface area contributed by atoms with E-state index in [4.69, 9.17) is 32.7 Å². The lowest BCUT2D eigenvalue weighted by molar-refractivity contribution is 0.165. The van der Waals surface area contributed by atoms with Crippen LogP contribution in [-0.4, -0.2) is 29.8 Å². The summed E-state index contributed by atoms with van der Waals surface area (Å²) in [6.45, 7) is 2.08. The highest BCUT2D eigenvalue weighted by molar-refractivity contribution is 6.32. The van der Waals surface area contributed by atoms with Crippen molar-refractivity contribution in [1.82, 2.24) is 9.97 Å². The molecule has 1 saturated heterocycles. The highest BCUT2D eigenvalue weighted by Crippen LogP contribution is 2.23. The van der Waals surface area contributed by atoms with Crippen molar-refractivity contribution in [3.05, 3.63) is 16.5 Å². The van der Waals surface area contributed by atoms with Gasteiger partial charge in [-0.3, -0.25) is 0 Å². The van der Waals surface area contributed by atoms with Crippen LogP contribution in [0.25, 0.3) is 0 Å². The first-order valence-corrected chi connectivity index (χ1v) is 5.40. The number of hydrogen-bond donors (Lipinski definition) is 0. The van der Waals surface area contributed by atoms with Crippen molar-refractivity contribution in [2.24, 2.45) is 5.92 Å². The molecule has 2 heterocycles. The van der Waals surface area contributed by atoms with Crippen molar-refractivity contribution < 1.29 is 9.47 Å². The third-order valence-electron chi connectivity index (χ3n) is 2.16. The Labute approximate surface area is 97.5 Å². The van der Waals surface area contributed by atoms with Crippen molar-refractivity contribution in [2.45, 2.75) is 6.42 Å². The third kappa shape index (κ3) is 2.93. The van der Waals surface area contributed by atoms with Gasteiger partial charge in [0.25, 0.3) is 0 Å². The fraction of sp³-hybridized carbons (Fsp3) is 0.556. The van der Waals surface area contributed by atoms with Crippen LogP contribution in [-0.2, 0) is 4.74 Å². The molecular formula is C9H10Cl2N2O2. The Bertz CT molecular complexity index is 343. The van der Waals surface area contributed by atoms with Crippen LogP contribution in [0.2, 0.25) is 10.3 Å². The fourth-order valence-electron chi connectivity index (χ4n) is 1.34. The van der Waals surface area contributed by atoms with Crippen LogP contribution in [0.3, 0.4) is 0 Å². The maximum atomic E-state index is 5.84. The molecule has 0 bridgehead atoms. The van der Waals surface area contributed by atoms with Crippen LogP contribution in [0.15, 0.2) is 6.20 Å². The normalized spacial score (nSPS) is 20.5. The van der Waals surface area contributed by atoms with Gasteiger partial charge in [-0.25, -0.2) is 4.98 Å². The van der Waals surface area contributed by atoms with Gasteiger partial charge in [0.1, 0.15) is 5.02 Å². The Morgan fingerprint density at radius 1 is 1.53 bits per heavy atom. The van der Waals surface area contributed by atoms with E-state index in [2.05, 4.69) is 9.97 Å². The van der Waals surface area contributed by atoms with Crippen molar-refractivity contribution in [1.29, 1.82) is 0 Å². The minimum atomic E-state index is 0.136. The molecule has 1 atom stereocenters. The molecule has 6 heteroatoms. The predicted octanol–water partition coefficient (Wildman–Crippen LogP) is 2.20. The molecule has 0 aliphatic carbocycles. The summed E-state index contributed by atoms with van der Waals surface area (Å²) in [4.78, 5) is 7.63. The highest BCUT2D eigenvalue weighted by Gasteiger charge is 2.17. The zero-order valence-electron chi connectivity index (χ0n) is 7.95. The van der Waals surface area contributed by atoms with Gasteiger partial charge in [0.05, 0.1) is 19.4 Å². The molecule has 0 aromatic carbocycles. The molecule has 0 N–H and O–H groups in total. The van der Waals surface area contributed by atoms with Gasteiger partial charge < -0.3 is 9.47 Å². The second kappa shape index (κ2) is 4.96. The molecule has 2 rings (SSSR count). The number of nitrogens with zero attached hydrogens (tertiary/aromatic N) is 2. The number of aromatic nitrogens is 2. The minimum Gasteiger partial charge on any atom is -0.476 e. The molecule has 0 radical (unpaired) electrons. The zero-order valence-corrected chi connectivity index (χ0v) is 9.46. The fourth-order valence-corrected chi connectivity index (χ4v) is 1.62. The third-order valence-corrected chi connectivity index (χ3v) is 2.60. The molecule has 1 aliphatic heterocycles. The molecule has 1 aromatic rings. The Hall–Kier alpha value is -0.580. The van der Waals surface area contributed by atoms with E-state index in [1.807, 2.05) is 0 Å². The summed E-state index contributed by atoms with van der Waals surface area (Å²) in [7, 11) is 0. The van der Waals surface area contributed by atoms with E-state index >= 15 is 0 Å². The lowest BCUT2D eigenvalue weighted by Gasteiger charge is -2.10. The molecule has 0 spiro atoms. The number of hydrogen-bond acceptors (Lipinski definition) is 4. The molecule has 1 aliphatic rings. The average Bonchev–Trinajstić information content (AvgIpc) is 2.72. The van der Waals surface area contributed by atoms with Crippen LogP contribution in [0.1, 0.15) is 6.42 Å². The van der Waals surface area contributed by atoms with Gasteiger partial charge >= 0.3 is 0 Å². The Morgan fingerprint density at radius 2 is 2.40 bits per heavy atom. The molecular weight excluding hydrogens is 239 g/mol.